The Kier molecular flexibility index (Phi) is 7.36. The lowest BCUT2D eigenvalue weighted by atomic mass is 10.0. The standard InChI is InChI=1S/C20H23N3O3/c1-15(24)23-18(16-8-4-2-5-9-16)14-19(25)21-12-13-22-20(26)17-10-6-3-7-11-17/h2-11,18H,12-14H2,1H3,(H,21,25)(H,22,26)(H,23,24). The van der Waals surface area contributed by atoms with E-state index in [4.69, 9.17) is 0 Å². The molecule has 1 unspecified atom stereocenters. The summed E-state index contributed by atoms with van der Waals surface area (Å²) < 4.78 is 0. The normalized spacial score (nSPS) is 11.3. The van der Waals surface area contributed by atoms with Gasteiger partial charge in [0.15, 0.2) is 0 Å². The lowest BCUT2D eigenvalue weighted by molar-refractivity contribution is -0.122. The van der Waals surface area contributed by atoms with Crippen LogP contribution in [-0.2, 0) is 9.59 Å². The van der Waals surface area contributed by atoms with Gasteiger partial charge in [0.2, 0.25) is 11.8 Å². The lowest BCUT2D eigenvalue weighted by Gasteiger charge is -2.18. The summed E-state index contributed by atoms with van der Waals surface area (Å²) in [4.78, 5) is 35.4. The molecule has 3 N–H and O–H groups in total. The Labute approximate surface area is 153 Å². The van der Waals surface area contributed by atoms with Gasteiger partial charge in [0.25, 0.3) is 5.91 Å². The third kappa shape index (κ3) is 6.39. The van der Waals surface area contributed by atoms with Gasteiger partial charge in [0.1, 0.15) is 0 Å². The monoisotopic (exact) mass is 353 g/mol. The molecule has 2 aromatic carbocycles. The van der Waals surface area contributed by atoms with Crippen molar-refractivity contribution in [1.29, 1.82) is 0 Å². The van der Waals surface area contributed by atoms with Crippen LogP contribution in [0.25, 0.3) is 0 Å². The van der Waals surface area contributed by atoms with Gasteiger partial charge in [0.05, 0.1) is 12.5 Å². The van der Waals surface area contributed by atoms with Crippen molar-refractivity contribution >= 4 is 17.7 Å². The maximum absolute atomic E-state index is 12.1. The molecule has 0 aromatic heterocycles. The Morgan fingerprint density at radius 3 is 2.04 bits per heavy atom. The predicted molar refractivity (Wildman–Crippen MR) is 99.4 cm³/mol. The van der Waals surface area contributed by atoms with E-state index in [0.29, 0.717) is 18.7 Å². The molecule has 6 nitrogen and oxygen atoms in total. The minimum atomic E-state index is -0.382. The molecule has 0 aliphatic rings. The SMILES string of the molecule is CC(=O)NC(CC(=O)NCCNC(=O)c1ccccc1)c1ccccc1. The minimum absolute atomic E-state index is 0.135. The highest BCUT2D eigenvalue weighted by Gasteiger charge is 2.16. The molecule has 0 radical (unpaired) electrons. The van der Waals surface area contributed by atoms with Crippen LogP contribution in [0.1, 0.15) is 35.3 Å². The molecule has 26 heavy (non-hydrogen) atoms. The molecule has 0 spiro atoms. The molecule has 0 bridgehead atoms. The van der Waals surface area contributed by atoms with E-state index in [1.165, 1.54) is 6.92 Å². The van der Waals surface area contributed by atoms with Gasteiger partial charge in [-0.2, -0.15) is 0 Å². The highest BCUT2D eigenvalue weighted by molar-refractivity contribution is 5.94. The molecule has 3 amide bonds. The van der Waals surface area contributed by atoms with Gasteiger partial charge in [-0.1, -0.05) is 48.5 Å². The summed E-state index contributed by atoms with van der Waals surface area (Å²) in [6, 6.07) is 17.8. The summed E-state index contributed by atoms with van der Waals surface area (Å²) in [5, 5.41) is 8.29. The van der Waals surface area contributed by atoms with Crippen molar-refractivity contribution in [1.82, 2.24) is 16.0 Å². The summed E-state index contributed by atoms with van der Waals surface area (Å²) in [7, 11) is 0. The van der Waals surface area contributed by atoms with Crippen LogP contribution in [0.5, 0.6) is 0 Å². The Morgan fingerprint density at radius 1 is 0.846 bits per heavy atom. The number of hydrogen-bond acceptors (Lipinski definition) is 3. The van der Waals surface area contributed by atoms with Crippen LogP contribution in [0.15, 0.2) is 60.7 Å². The summed E-state index contributed by atoms with van der Waals surface area (Å²) in [6.07, 6.45) is 0.135. The summed E-state index contributed by atoms with van der Waals surface area (Å²) in [5.41, 5.74) is 1.45. The van der Waals surface area contributed by atoms with Gasteiger partial charge in [-0.15, -0.1) is 0 Å². The van der Waals surface area contributed by atoms with Gasteiger partial charge in [-0.3, -0.25) is 14.4 Å². The lowest BCUT2D eigenvalue weighted by Crippen LogP contribution is -2.37. The summed E-state index contributed by atoms with van der Waals surface area (Å²) in [6.45, 7) is 2.07. The Bertz CT molecular complexity index is 732. The molecule has 2 rings (SSSR count). The molecule has 0 saturated heterocycles. The van der Waals surface area contributed by atoms with Crippen LogP contribution >= 0.6 is 0 Å². The van der Waals surface area contributed by atoms with Crippen molar-refractivity contribution in [2.24, 2.45) is 0 Å². The zero-order valence-corrected chi connectivity index (χ0v) is 14.7. The van der Waals surface area contributed by atoms with E-state index in [1.54, 1.807) is 24.3 Å². The van der Waals surface area contributed by atoms with Crippen molar-refractivity contribution in [3.8, 4) is 0 Å². The molecule has 1 atom stereocenters. The molecule has 0 aliphatic carbocycles. The first-order valence-corrected chi connectivity index (χ1v) is 8.48. The first-order valence-electron chi connectivity index (χ1n) is 8.48. The number of carbonyl (C=O) groups is 3. The van der Waals surface area contributed by atoms with Gasteiger partial charge in [-0.05, 0) is 17.7 Å². The molecular formula is C20H23N3O3. The maximum atomic E-state index is 12.1. The summed E-state index contributed by atoms with van der Waals surface area (Å²) in [5.74, 6) is -0.566. The van der Waals surface area contributed by atoms with Gasteiger partial charge in [0, 0.05) is 25.6 Å². The van der Waals surface area contributed by atoms with Crippen molar-refractivity contribution in [2.75, 3.05) is 13.1 Å². The predicted octanol–water partition coefficient (Wildman–Crippen LogP) is 1.80. The number of benzene rings is 2. The van der Waals surface area contributed by atoms with Crippen LogP contribution in [0.2, 0.25) is 0 Å². The van der Waals surface area contributed by atoms with Crippen LogP contribution in [-0.4, -0.2) is 30.8 Å². The highest BCUT2D eigenvalue weighted by Crippen LogP contribution is 2.16. The molecule has 0 saturated carbocycles. The smallest absolute Gasteiger partial charge is 0.251 e. The van der Waals surface area contributed by atoms with E-state index in [0.717, 1.165) is 5.56 Å². The molecule has 6 heteroatoms. The number of carbonyl (C=O) groups excluding carboxylic acids is 3. The fourth-order valence-corrected chi connectivity index (χ4v) is 2.51. The van der Waals surface area contributed by atoms with Gasteiger partial charge in [-0.25, -0.2) is 0 Å². The Balaban J connectivity index is 1.77. The molecule has 2 aromatic rings. The quantitative estimate of drug-likeness (QED) is 0.633. The average Bonchev–Trinajstić information content (AvgIpc) is 2.65. The van der Waals surface area contributed by atoms with E-state index in [2.05, 4.69) is 16.0 Å². The summed E-state index contributed by atoms with van der Waals surface area (Å²) >= 11 is 0. The second-order valence-electron chi connectivity index (χ2n) is 5.84. The molecule has 0 fully saturated rings. The first-order chi connectivity index (χ1) is 12.6. The van der Waals surface area contributed by atoms with E-state index in [1.807, 2.05) is 36.4 Å². The fraction of sp³-hybridized carbons (Fsp3) is 0.250. The van der Waals surface area contributed by atoms with E-state index in [9.17, 15) is 14.4 Å². The number of amides is 3. The highest BCUT2D eigenvalue weighted by atomic mass is 16.2. The molecule has 0 aliphatic heterocycles. The zero-order chi connectivity index (χ0) is 18.8. The van der Waals surface area contributed by atoms with Gasteiger partial charge >= 0.3 is 0 Å². The molecule has 136 valence electrons. The third-order valence-corrected chi connectivity index (χ3v) is 3.74. The minimum Gasteiger partial charge on any atom is -0.354 e. The topological polar surface area (TPSA) is 87.3 Å². The second kappa shape index (κ2) is 9.98. The Hall–Kier alpha value is -3.15. The van der Waals surface area contributed by atoms with Crippen molar-refractivity contribution < 1.29 is 14.4 Å². The number of rotatable bonds is 8. The van der Waals surface area contributed by atoms with E-state index >= 15 is 0 Å². The fourth-order valence-electron chi connectivity index (χ4n) is 2.51. The largest absolute Gasteiger partial charge is 0.354 e. The average molecular weight is 353 g/mol. The molecular weight excluding hydrogens is 330 g/mol. The van der Waals surface area contributed by atoms with E-state index in [-0.39, 0.29) is 30.2 Å². The number of nitrogens with one attached hydrogen (secondary N) is 3. The van der Waals surface area contributed by atoms with Crippen molar-refractivity contribution in [2.45, 2.75) is 19.4 Å². The van der Waals surface area contributed by atoms with Crippen molar-refractivity contribution in [3.63, 3.8) is 0 Å². The maximum Gasteiger partial charge on any atom is 0.251 e. The van der Waals surface area contributed by atoms with Crippen LogP contribution < -0.4 is 16.0 Å². The van der Waals surface area contributed by atoms with Crippen LogP contribution in [0, 0.1) is 0 Å². The van der Waals surface area contributed by atoms with E-state index < -0.39 is 0 Å². The van der Waals surface area contributed by atoms with Crippen LogP contribution in [0.4, 0.5) is 0 Å². The molecule has 0 heterocycles. The van der Waals surface area contributed by atoms with Crippen LogP contribution in [0.3, 0.4) is 0 Å². The Morgan fingerprint density at radius 2 is 1.42 bits per heavy atom. The first kappa shape index (κ1) is 19.2. The second-order valence-corrected chi connectivity index (χ2v) is 5.84. The van der Waals surface area contributed by atoms with Crippen molar-refractivity contribution in [3.05, 3.63) is 71.8 Å². The third-order valence-electron chi connectivity index (χ3n) is 3.74. The zero-order valence-electron chi connectivity index (χ0n) is 14.7. The number of hydrogen-bond donors (Lipinski definition) is 3. The van der Waals surface area contributed by atoms with Gasteiger partial charge < -0.3 is 16.0 Å².